The third-order valence-electron chi connectivity index (χ3n) is 3.93. The maximum atomic E-state index is 11.3. The van der Waals surface area contributed by atoms with E-state index in [1.807, 2.05) is 0 Å². The second-order valence-electron chi connectivity index (χ2n) is 6.13. The van der Waals surface area contributed by atoms with Crippen molar-refractivity contribution in [2.75, 3.05) is 57.8 Å². The summed E-state index contributed by atoms with van der Waals surface area (Å²) in [6.07, 6.45) is 0. The summed E-state index contributed by atoms with van der Waals surface area (Å²) in [5, 5.41) is 23.4. The number of ether oxygens (including phenoxy) is 3. The molecule has 0 aromatic heterocycles. The van der Waals surface area contributed by atoms with Crippen LogP contribution in [0.5, 0.6) is 5.75 Å². The normalized spacial score (nSPS) is 19.1. The quantitative estimate of drug-likeness (QED) is 0.361. The Hall–Kier alpha value is -1.81. The van der Waals surface area contributed by atoms with E-state index in [2.05, 4.69) is 10.3 Å². The predicted octanol–water partition coefficient (Wildman–Crippen LogP) is 1.82. The van der Waals surface area contributed by atoms with Crippen molar-refractivity contribution in [1.29, 1.82) is 0 Å². The van der Waals surface area contributed by atoms with Gasteiger partial charge in [-0.1, -0.05) is 6.07 Å². The summed E-state index contributed by atoms with van der Waals surface area (Å²) in [4.78, 5) is 15.6. The van der Waals surface area contributed by atoms with Crippen molar-refractivity contribution in [3.05, 3.63) is 23.8 Å². The standard InChI is InChI=1S/C18H26N2O6S/c1-18(17(22)23)12-27-16(20-18)13-4-3-5-14(15(13)21)19-6-7-25-10-11-26-9-8-24-2/h3-5,19,21H,6-12H2,1-2H3,(H,22,23)/t18-/m1/s1. The number of nitrogens with one attached hydrogen (secondary N) is 1. The number of carboxylic acids is 1. The lowest BCUT2D eigenvalue weighted by atomic mass is 10.1. The Morgan fingerprint density at radius 1 is 1.26 bits per heavy atom. The van der Waals surface area contributed by atoms with Crippen LogP contribution >= 0.6 is 11.8 Å². The molecule has 0 unspecified atom stereocenters. The molecule has 3 N–H and O–H groups in total. The van der Waals surface area contributed by atoms with Crippen LogP contribution in [0.25, 0.3) is 0 Å². The first kappa shape index (κ1) is 21.5. The van der Waals surface area contributed by atoms with Gasteiger partial charge in [0.1, 0.15) is 10.8 Å². The van der Waals surface area contributed by atoms with Gasteiger partial charge in [0.15, 0.2) is 5.54 Å². The van der Waals surface area contributed by atoms with Gasteiger partial charge in [-0.25, -0.2) is 4.79 Å². The Labute approximate surface area is 162 Å². The van der Waals surface area contributed by atoms with E-state index in [4.69, 9.17) is 14.2 Å². The molecule has 2 rings (SSSR count). The molecule has 1 aliphatic rings. The van der Waals surface area contributed by atoms with Gasteiger partial charge in [-0.3, -0.25) is 4.99 Å². The number of rotatable bonds is 12. The molecule has 0 radical (unpaired) electrons. The van der Waals surface area contributed by atoms with E-state index in [0.29, 0.717) is 61.6 Å². The van der Waals surface area contributed by atoms with Crippen molar-refractivity contribution in [2.24, 2.45) is 4.99 Å². The number of benzene rings is 1. The first-order chi connectivity index (χ1) is 13.0. The molecule has 0 aliphatic carbocycles. The molecule has 27 heavy (non-hydrogen) atoms. The molecular formula is C18H26N2O6S. The molecular weight excluding hydrogens is 372 g/mol. The van der Waals surface area contributed by atoms with Gasteiger partial charge in [0, 0.05) is 19.4 Å². The number of aliphatic carboxylic acids is 1. The summed E-state index contributed by atoms with van der Waals surface area (Å²) in [6, 6.07) is 5.28. The molecule has 1 aliphatic heterocycles. The molecule has 0 saturated heterocycles. The first-order valence-electron chi connectivity index (χ1n) is 8.64. The van der Waals surface area contributed by atoms with Crippen molar-refractivity contribution in [2.45, 2.75) is 12.5 Å². The van der Waals surface area contributed by atoms with Crippen molar-refractivity contribution in [1.82, 2.24) is 0 Å². The van der Waals surface area contributed by atoms with Crippen LogP contribution in [0.2, 0.25) is 0 Å². The van der Waals surface area contributed by atoms with Crippen molar-refractivity contribution in [3.8, 4) is 5.75 Å². The van der Waals surface area contributed by atoms with E-state index in [9.17, 15) is 15.0 Å². The monoisotopic (exact) mass is 398 g/mol. The largest absolute Gasteiger partial charge is 0.505 e. The van der Waals surface area contributed by atoms with Crippen LogP contribution in [0.3, 0.4) is 0 Å². The number of aromatic hydroxyl groups is 1. The molecule has 1 heterocycles. The third-order valence-corrected chi connectivity index (χ3v) is 5.22. The maximum absolute atomic E-state index is 11.3. The number of carbonyl (C=O) groups is 1. The van der Waals surface area contributed by atoms with Crippen LogP contribution in [-0.2, 0) is 19.0 Å². The molecule has 0 amide bonds. The van der Waals surface area contributed by atoms with Crippen LogP contribution < -0.4 is 5.32 Å². The van der Waals surface area contributed by atoms with E-state index in [1.54, 1.807) is 32.2 Å². The summed E-state index contributed by atoms with van der Waals surface area (Å²) >= 11 is 1.33. The third kappa shape index (κ3) is 6.10. The van der Waals surface area contributed by atoms with Gasteiger partial charge in [0.25, 0.3) is 0 Å². The predicted molar refractivity (Wildman–Crippen MR) is 105 cm³/mol. The van der Waals surface area contributed by atoms with Crippen molar-refractivity contribution >= 4 is 28.5 Å². The fraction of sp³-hybridized carbons (Fsp3) is 0.556. The summed E-state index contributed by atoms with van der Waals surface area (Å²) in [5.74, 6) is -0.571. The molecule has 0 fully saturated rings. The summed E-state index contributed by atoms with van der Waals surface area (Å²) in [6.45, 7) is 4.65. The zero-order valence-electron chi connectivity index (χ0n) is 15.6. The number of nitrogens with zero attached hydrogens (tertiary/aromatic N) is 1. The maximum Gasteiger partial charge on any atom is 0.332 e. The number of anilines is 1. The highest BCUT2D eigenvalue weighted by Crippen LogP contribution is 2.36. The lowest BCUT2D eigenvalue weighted by Crippen LogP contribution is -2.33. The minimum atomic E-state index is -1.16. The number of para-hydroxylation sites is 1. The van der Waals surface area contributed by atoms with E-state index in [1.165, 1.54) is 11.8 Å². The Morgan fingerprint density at radius 2 is 1.96 bits per heavy atom. The topological polar surface area (TPSA) is 110 Å². The van der Waals surface area contributed by atoms with Gasteiger partial charge >= 0.3 is 5.97 Å². The number of hydrogen-bond acceptors (Lipinski definition) is 8. The van der Waals surface area contributed by atoms with Crippen LogP contribution in [0.15, 0.2) is 23.2 Å². The fourth-order valence-corrected chi connectivity index (χ4v) is 3.52. The summed E-state index contributed by atoms with van der Waals surface area (Å²) < 4.78 is 15.6. The van der Waals surface area contributed by atoms with Gasteiger partial charge in [-0.05, 0) is 19.1 Å². The second-order valence-corrected chi connectivity index (χ2v) is 7.09. The van der Waals surface area contributed by atoms with Crippen molar-refractivity contribution in [3.63, 3.8) is 0 Å². The number of methoxy groups -OCH3 is 1. The first-order valence-corrected chi connectivity index (χ1v) is 9.63. The highest BCUT2D eigenvalue weighted by atomic mass is 32.2. The fourth-order valence-electron chi connectivity index (χ4n) is 2.33. The van der Waals surface area contributed by atoms with Gasteiger partial charge in [-0.2, -0.15) is 0 Å². The molecule has 0 spiro atoms. The van der Waals surface area contributed by atoms with E-state index < -0.39 is 11.5 Å². The number of carboxylic acid groups (broad SMARTS) is 1. The van der Waals surface area contributed by atoms with Crippen LogP contribution in [-0.4, -0.2) is 79.2 Å². The van der Waals surface area contributed by atoms with Crippen LogP contribution in [0.1, 0.15) is 12.5 Å². The average molecular weight is 398 g/mol. The SMILES string of the molecule is COCCOCCOCCNc1cccc(C2=N[C@@](C)(C(=O)O)CS2)c1O. The summed E-state index contributed by atoms with van der Waals surface area (Å²) in [5.41, 5.74) is -0.0724. The molecule has 150 valence electrons. The van der Waals surface area contributed by atoms with E-state index in [0.717, 1.165) is 0 Å². The Bertz CT molecular complexity index is 669. The molecule has 8 nitrogen and oxygen atoms in total. The minimum absolute atomic E-state index is 0.0567. The Kier molecular flexibility index (Phi) is 8.36. The van der Waals surface area contributed by atoms with Gasteiger partial charge in [0.2, 0.25) is 0 Å². The second kappa shape index (κ2) is 10.5. The molecule has 1 aromatic rings. The highest BCUT2D eigenvalue weighted by molar-refractivity contribution is 8.14. The number of phenolic OH excluding ortho intramolecular Hbond substituents is 1. The Morgan fingerprint density at radius 3 is 2.63 bits per heavy atom. The zero-order chi connectivity index (χ0) is 19.7. The molecule has 1 aromatic carbocycles. The van der Waals surface area contributed by atoms with Crippen LogP contribution in [0.4, 0.5) is 5.69 Å². The van der Waals surface area contributed by atoms with Gasteiger partial charge in [-0.15, -0.1) is 11.8 Å². The molecule has 0 bridgehead atoms. The van der Waals surface area contributed by atoms with Crippen LogP contribution in [0, 0.1) is 0 Å². The van der Waals surface area contributed by atoms with E-state index in [-0.39, 0.29) is 5.75 Å². The number of phenols is 1. The number of hydrogen-bond donors (Lipinski definition) is 3. The van der Waals surface area contributed by atoms with Crippen molar-refractivity contribution < 1.29 is 29.2 Å². The highest BCUT2D eigenvalue weighted by Gasteiger charge is 2.39. The lowest BCUT2D eigenvalue weighted by Gasteiger charge is -2.13. The average Bonchev–Trinajstić information content (AvgIpc) is 3.05. The van der Waals surface area contributed by atoms with Gasteiger partial charge in [0.05, 0.1) is 44.3 Å². The Balaban J connectivity index is 1.83. The van der Waals surface area contributed by atoms with E-state index >= 15 is 0 Å². The minimum Gasteiger partial charge on any atom is -0.505 e. The lowest BCUT2D eigenvalue weighted by molar-refractivity contribution is -0.141. The molecule has 0 saturated carbocycles. The molecule has 9 heteroatoms. The number of aliphatic imine (C=N–C) groups is 1. The smallest absolute Gasteiger partial charge is 0.332 e. The molecule has 1 atom stereocenters. The number of thioether (sulfide) groups is 1. The van der Waals surface area contributed by atoms with Gasteiger partial charge < -0.3 is 29.7 Å². The summed E-state index contributed by atoms with van der Waals surface area (Å²) in [7, 11) is 1.62. The zero-order valence-corrected chi connectivity index (χ0v) is 16.4.